The Morgan fingerprint density at radius 2 is 1.76 bits per heavy atom. The van der Waals surface area contributed by atoms with Gasteiger partial charge in [-0.25, -0.2) is 18.4 Å². The topological polar surface area (TPSA) is 148 Å². The summed E-state index contributed by atoms with van der Waals surface area (Å²) in [5.41, 5.74) is 1.05. The quantitative estimate of drug-likeness (QED) is 0.258. The first-order valence-electron chi connectivity index (χ1n) is 10.6. The Bertz CT molecular complexity index is 1610. The van der Waals surface area contributed by atoms with E-state index < -0.39 is 15.9 Å². The molecular formula is C23H18Cl2N6O5S2. The molecule has 3 N–H and O–H groups in total. The van der Waals surface area contributed by atoms with E-state index in [4.69, 9.17) is 44.7 Å². The van der Waals surface area contributed by atoms with Gasteiger partial charge in [0, 0.05) is 17.3 Å². The lowest BCUT2D eigenvalue weighted by Crippen LogP contribution is -2.34. The normalized spacial score (nSPS) is 11.1. The predicted molar refractivity (Wildman–Crippen MR) is 146 cm³/mol. The van der Waals surface area contributed by atoms with E-state index in [0.717, 1.165) is 0 Å². The van der Waals surface area contributed by atoms with Crippen molar-refractivity contribution in [3.8, 4) is 17.1 Å². The van der Waals surface area contributed by atoms with Gasteiger partial charge in [0.1, 0.15) is 29.2 Å². The van der Waals surface area contributed by atoms with Gasteiger partial charge in [0.15, 0.2) is 5.11 Å². The Balaban J connectivity index is 1.45. The van der Waals surface area contributed by atoms with Crippen molar-refractivity contribution in [1.82, 2.24) is 20.4 Å². The van der Waals surface area contributed by atoms with Crippen molar-refractivity contribution in [3.05, 3.63) is 76.2 Å². The minimum atomic E-state index is -3.94. The number of hydrogen-bond donors (Lipinski definition) is 3. The minimum Gasteiger partial charge on any atom is -0.481 e. The van der Waals surface area contributed by atoms with E-state index in [9.17, 15) is 13.2 Å². The minimum absolute atomic E-state index is 0.0306. The zero-order chi connectivity index (χ0) is 27.4. The Morgan fingerprint density at radius 3 is 2.42 bits per heavy atom. The van der Waals surface area contributed by atoms with Crippen LogP contribution in [0.1, 0.15) is 16.1 Å². The van der Waals surface area contributed by atoms with Crippen LogP contribution in [0.3, 0.4) is 0 Å². The smallest absolute Gasteiger partial charge is 0.263 e. The maximum Gasteiger partial charge on any atom is 0.263 e. The van der Waals surface area contributed by atoms with Gasteiger partial charge in [0.05, 0.1) is 22.1 Å². The number of sulfonamides is 1. The molecule has 0 aliphatic rings. The number of nitrogens with one attached hydrogen (secondary N) is 3. The number of aryl methyl sites for hydroxylation is 1. The van der Waals surface area contributed by atoms with E-state index in [1.54, 1.807) is 25.1 Å². The lowest BCUT2D eigenvalue weighted by molar-refractivity contribution is 0.0976. The van der Waals surface area contributed by atoms with Crippen LogP contribution < -0.4 is 20.1 Å². The summed E-state index contributed by atoms with van der Waals surface area (Å²) in [6, 6.07) is 11.9. The monoisotopic (exact) mass is 592 g/mol. The molecule has 0 bridgehead atoms. The van der Waals surface area contributed by atoms with E-state index in [1.807, 2.05) is 0 Å². The van der Waals surface area contributed by atoms with E-state index in [0.29, 0.717) is 21.3 Å². The molecule has 4 aromatic rings. The van der Waals surface area contributed by atoms with Gasteiger partial charge in [-0.1, -0.05) is 34.4 Å². The fraction of sp³-hybridized carbons (Fsp3) is 0.0870. The molecule has 0 atom stereocenters. The molecule has 0 radical (unpaired) electrons. The zero-order valence-electron chi connectivity index (χ0n) is 19.7. The van der Waals surface area contributed by atoms with Crippen molar-refractivity contribution in [3.63, 3.8) is 0 Å². The van der Waals surface area contributed by atoms with E-state index >= 15 is 0 Å². The molecule has 2 aromatic carbocycles. The molecule has 0 fully saturated rings. The lowest BCUT2D eigenvalue weighted by Gasteiger charge is -2.12. The number of ether oxygens (including phenoxy) is 1. The van der Waals surface area contributed by atoms with Gasteiger partial charge >= 0.3 is 0 Å². The summed E-state index contributed by atoms with van der Waals surface area (Å²) in [4.78, 5) is 20.7. The third kappa shape index (κ3) is 6.02. The molecule has 0 aliphatic heterocycles. The summed E-state index contributed by atoms with van der Waals surface area (Å²) in [5, 5.41) is 9.86. The second-order valence-electron chi connectivity index (χ2n) is 7.54. The number of rotatable bonds is 7. The van der Waals surface area contributed by atoms with E-state index in [-0.39, 0.29) is 38.7 Å². The molecule has 4 rings (SSSR count). The van der Waals surface area contributed by atoms with Gasteiger partial charge in [-0.05, 0) is 55.5 Å². The number of anilines is 2. The number of hydrogen-bond acceptors (Lipinski definition) is 9. The fourth-order valence-electron chi connectivity index (χ4n) is 3.28. The molecule has 0 saturated heterocycles. The van der Waals surface area contributed by atoms with Crippen LogP contribution in [-0.4, -0.2) is 41.7 Å². The maximum atomic E-state index is 13.0. The Kier molecular flexibility index (Phi) is 8.11. The number of thiocarbonyl (C=S) groups is 1. The Labute approximate surface area is 232 Å². The molecule has 0 saturated carbocycles. The standard InChI is InChI=1S/C23H18Cl2N6O5S2/c1-12-19(21(30-36-12)20-15(24)4-3-5-16(20)25)22(32)29-23(37)28-13-6-8-14(9-7-13)38(33,34)31-17-10-18(35-2)27-11-26-17/h3-11H,1-2H3,(H,26,27,31)(H2,28,29,32,37). The predicted octanol–water partition coefficient (Wildman–Crippen LogP) is 4.68. The largest absolute Gasteiger partial charge is 0.481 e. The maximum absolute atomic E-state index is 13.0. The lowest BCUT2D eigenvalue weighted by atomic mass is 10.1. The second kappa shape index (κ2) is 11.3. The molecule has 0 unspecified atom stereocenters. The SMILES string of the molecule is COc1cc(NS(=O)(=O)c2ccc(NC(=S)NC(=O)c3c(-c4c(Cl)cccc4Cl)noc3C)cc2)ncn1. The summed E-state index contributed by atoms with van der Waals surface area (Å²) in [7, 11) is -2.54. The van der Waals surface area contributed by atoms with Crippen LogP contribution in [0.5, 0.6) is 5.88 Å². The van der Waals surface area contributed by atoms with Crippen LogP contribution in [0.25, 0.3) is 11.3 Å². The van der Waals surface area contributed by atoms with Gasteiger partial charge in [0.2, 0.25) is 5.88 Å². The van der Waals surface area contributed by atoms with Gasteiger partial charge in [0.25, 0.3) is 15.9 Å². The van der Waals surface area contributed by atoms with Crippen LogP contribution in [0.4, 0.5) is 11.5 Å². The zero-order valence-corrected chi connectivity index (χ0v) is 22.8. The number of halogens is 2. The van der Waals surface area contributed by atoms with Crippen LogP contribution in [-0.2, 0) is 10.0 Å². The second-order valence-corrected chi connectivity index (χ2v) is 10.4. The number of carbonyl (C=O) groups excluding carboxylic acids is 1. The highest BCUT2D eigenvalue weighted by Gasteiger charge is 2.25. The highest BCUT2D eigenvalue weighted by atomic mass is 35.5. The first-order valence-corrected chi connectivity index (χ1v) is 13.3. The number of aromatic nitrogens is 3. The highest BCUT2D eigenvalue weighted by Crippen LogP contribution is 2.36. The Hall–Kier alpha value is -3.78. The number of methoxy groups -OCH3 is 1. The molecular weight excluding hydrogens is 575 g/mol. The fourth-order valence-corrected chi connectivity index (χ4v) is 5.07. The number of benzene rings is 2. The van der Waals surface area contributed by atoms with Crippen molar-refractivity contribution < 1.29 is 22.5 Å². The molecule has 11 nitrogen and oxygen atoms in total. The summed E-state index contributed by atoms with van der Waals surface area (Å²) < 4.78 is 37.9. The van der Waals surface area contributed by atoms with Gasteiger partial charge in [-0.2, -0.15) is 0 Å². The Morgan fingerprint density at radius 1 is 1.08 bits per heavy atom. The molecule has 15 heteroatoms. The van der Waals surface area contributed by atoms with Crippen LogP contribution in [0, 0.1) is 6.92 Å². The van der Waals surface area contributed by atoms with Gasteiger partial charge in [-0.3, -0.25) is 14.8 Å². The molecule has 2 heterocycles. The molecule has 0 spiro atoms. The third-order valence-electron chi connectivity index (χ3n) is 5.03. The average Bonchev–Trinajstić information content (AvgIpc) is 3.25. The van der Waals surface area contributed by atoms with Crippen LogP contribution in [0.15, 0.2) is 64.3 Å². The van der Waals surface area contributed by atoms with Gasteiger partial charge in [-0.15, -0.1) is 0 Å². The molecule has 0 aliphatic carbocycles. The van der Waals surface area contributed by atoms with Crippen molar-refractivity contribution in [2.75, 3.05) is 17.1 Å². The van der Waals surface area contributed by atoms with Crippen LogP contribution >= 0.6 is 35.4 Å². The average molecular weight is 593 g/mol. The van der Waals surface area contributed by atoms with Gasteiger partial charge < -0.3 is 14.6 Å². The molecule has 38 heavy (non-hydrogen) atoms. The molecule has 1 amide bonds. The summed E-state index contributed by atoms with van der Waals surface area (Å²) in [6.07, 6.45) is 1.17. The summed E-state index contributed by atoms with van der Waals surface area (Å²) in [5.74, 6) is -0.115. The van der Waals surface area contributed by atoms with Crippen molar-refractivity contribution in [2.45, 2.75) is 11.8 Å². The summed E-state index contributed by atoms with van der Waals surface area (Å²) >= 11 is 17.8. The first kappa shape index (κ1) is 27.3. The number of carbonyl (C=O) groups is 1. The first-order chi connectivity index (χ1) is 18.1. The van der Waals surface area contributed by atoms with E-state index in [1.165, 1.54) is 43.8 Å². The third-order valence-corrected chi connectivity index (χ3v) is 7.23. The highest BCUT2D eigenvalue weighted by molar-refractivity contribution is 7.92. The molecule has 196 valence electrons. The van der Waals surface area contributed by atoms with E-state index in [2.05, 4.69) is 30.5 Å². The van der Waals surface area contributed by atoms with Crippen molar-refractivity contribution in [1.29, 1.82) is 0 Å². The number of nitrogens with zero attached hydrogens (tertiary/aromatic N) is 3. The van der Waals surface area contributed by atoms with Crippen LogP contribution in [0.2, 0.25) is 10.0 Å². The number of amides is 1. The van der Waals surface area contributed by atoms with Crippen molar-refractivity contribution >= 4 is 68.0 Å². The molecule has 2 aromatic heterocycles. The van der Waals surface area contributed by atoms with Crippen molar-refractivity contribution in [2.24, 2.45) is 0 Å². The summed E-state index contributed by atoms with van der Waals surface area (Å²) in [6.45, 7) is 1.57.